The molecule has 3 nitrogen and oxygen atoms in total. The fourth-order valence-electron chi connectivity index (χ4n) is 2.36. The van der Waals surface area contributed by atoms with Gasteiger partial charge in [-0.3, -0.25) is 9.48 Å². The van der Waals surface area contributed by atoms with Crippen LogP contribution in [0.5, 0.6) is 0 Å². The van der Waals surface area contributed by atoms with E-state index < -0.39 is 0 Å². The van der Waals surface area contributed by atoms with E-state index in [0.29, 0.717) is 13.0 Å². The van der Waals surface area contributed by atoms with Crippen molar-refractivity contribution in [1.29, 1.82) is 0 Å². The average Bonchev–Trinajstić information content (AvgIpc) is 2.77. The van der Waals surface area contributed by atoms with Gasteiger partial charge in [0.05, 0.1) is 18.3 Å². The van der Waals surface area contributed by atoms with Crippen LogP contribution in [-0.2, 0) is 13.0 Å². The maximum Gasteiger partial charge on any atom is 0.166 e. The number of Topliss-reactive ketones (excluding diaryl/α,β-unsaturated/α-hetero) is 1. The number of hydrogen-bond donors (Lipinski definition) is 0. The van der Waals surface area contributed by atoms with Crippen molar-refractivity contribution in [3.05, 3.63) is 52.3 Å². The maximum absolute atomic E-state index is 11.7. The van der Waals surface area contributed by atoms with Gasteiger partial charge in [0.1, 0.15) is 0 Å². The number of halogens is 1. The van der Waals surface area contributed by atoms with Gasteiger partial charge in [-0.15, -0.1) is 0 Å². The van der Waals surface area contributed by atoms with Crippen LogP contribution < -0.4 is 0 Å². The summed E-state index contributed by atoms with van der Waals surface area (Å²) in [7, 11) is 0. The second-order valence-corrected chi connectivity index (χ2v) is 5.00. The standard InChI is InChI=1S/C14H13ClN2O/c15-11-6-4-10(5-7-11)9-17-13-2-1-3-14(18)12(13)8-16-17/h4-8H,1-3,9H2. The molecule has 0 unspecified atom stereocenters. The van der Waals surface area contributed by atoms with E-state index in [0.717, 1.165) is 34.7 Å². The van der Waals surface area contributed by atoms with Crippen molar-refractivity contribution in [2.45, 2.75) is 25.8 Å². The molecule has 0 bridgehead atoms. The highest BCUT2D eigenvalue weighted by molar-refractivity contribution is 6.30. The quantitative estimate of drug-likeness (QED) is 0.832. The third kappa shape index (κ3) is 2.06. The van der Waals surface area contributed by atoms with Gasteiger partial charge in [0, 0.05) is 17.1 Å². The molecule has 0 aliphatic heterocycles. The maximum atomic E-state index is 11.7. The Bertz CT molecular complexity index is 586. The first-order valence-corrected chi connectivity index (χ1v) is 6.44. The van der Waals surface area contributed by atoms with E-state index in [4.69, 9.17) is 11.6 Å². The molecule has 2 aromatic rings. The molecule has 0 spiro atoms. The Kier molecular flexibility index (Phi) is 2.92. The number of fused-ring (bicyclic) bond motifs is 1. The number of carbonyl (C=O) groups is 1. The van der Waals surface area contributed by atoms with Crippen LogP contribution in [0, 0.1) is 0 Å². The molecule has 1 aliphatic carbocycles. The Morgan fingerprint density at radius 3 is 2.78 bits per heavy atom. The van der Waals surface area contributed by atoms with Crippen LogP contribution in [0.4, 0.5) is 0 Å². The minimum Gasteiger partial charge on any atom is -0.294 e. The molecule has 0 radical (unpaired) electrons. The molecule has 1 aliphatic rings. The Balaban J connectivity index is 1.89. The van der Waals surface area contributed by atoms with E-state index in [2.05, 4.69) is 5.10 Å². The number of rotatable bonds is 2. The normalized spacial score (nSPS) is 14.6. The van der Waals surface area contributed by atoms with Gasteiger partial charge >= 0.3 is 0 Å². The van der Waals surface area contributed by atoms with E-state index >= 15 is 0 Å². The number of aromatic nitrogens is 2. The molecule has 1 heterocycles. The van der Waals surface area contributed by atoms with E-state index in [1.54, 1.807) is 6.20 Å². The van der Waals surface area contributed by atoms with Gasteiger partial charge in [-0.1, -0.05) is 23.7 Å². The van der Waals surface area contributed by atoms with Crippen molar-refractivity contribution in [3.8, 4) is 0 Å². The SMILES string of the molecule is O=C1CCCc2c1cnn2Cc1ccc(Cl)cc1. The average molecular weight is 261 g/mol. The molecule has 4 heteroatoms. The fourth-order valence-corrected chi connectivity index (χ4v) is 2.48. The van der Waals surface area contributed by atoms with Crippen LogP contribution in [0.3, 0.4) is 0 Å². The van der Waals surface area contributed by atoms with Crippen molar-refractivity contribution in [3.63, 3.8) is 0 Å². The van der Waals surface area contributed by atoms with Crippen LogP contribution in [0.2, 0.25) is 5.02 Å². The third-order valence-electron chi connectivity index (χ3n) is 3.31. The zero-order valence-electron chi connectivity index (χ0n) is 9.90. The van der Waals surface area contributed by atoms with E-state index in [-0.39, 0.29) is 5.78 Å². The minimum absolute atomic E-state index is 0.221. The highest BCUT2D eigenvalue weighted by atomic mass is 35.5. The number of nitrogens with zero attached hydrogens (tertiary/aromatic N) is 2. The number of hydrogen-bond acceptors (Lipinski definition) is 2. The number of benzene rings is 1. The molecule has 1 aromatic heterocycles. The van der Waals surface area contributed by atoms with Crippen molar-refractivity contribution in [2.75, 3.05) is 0 Å². The molecule has 0 N–H and O–H groups in total. The molecule has 1 aromatic carbocycles. The largest absolute Gasteiger partial charge is 0.294 e. The van der Waals surface area contributed by atoms with Gasteiger partial charge in [-0.05, 0) is 30.5 Å². The zero-order chi connectivity index (χ0) is 12.5. The van der Waals surface area contributed by atoms with Gasteiger partial charge in [0.15, 0.2) is 5.78 Å². The van der Waals surface area contributed by atoms with Crippen molar-refractivity contribution < 1.29 is 4.79 Å². The first-order chi connectivity index (χ1) is 8.74. The van der Waals surface area contributed by atoms with Gasteiger partial charge in [0.2, 0.25) is 0 Å². The van der Waals surface area contributed by atoms with Crippen LogP contribution in [0.1, 0.15) is 34.5 Å². The molecule has 0 saturated heterocycles. The lowest BCUT2D eigenvalue weighted by atomic mass is 9.97. The van der Waals surface area contributed by atoms with Crippen molar-refractivity contribution in [1.82, 2.24) is 9.78 Å². The Morgan fingerprint density at radius 2 is 2.00 bits per heavy atom. The van der Waals surface area contributed by atoms with Gasteiger partial charge in [-0.2, -0.15) is 5.10 Å². The van der Waals surface area contributed by atoms with Crippen molar-refractivity contribution >= 4 is 17.4 Å². The Morgan fingerprint density at radius 1 is 1.22 bits per heavy atom. The van der Waals surface area contributed by atoms with Crippen LogP contribution in [-0.4, -0.2) is 15.6 Å². The Labute approximate surface area is 110 Å². The first-order valence-electron chi connectivity index (χ1n) is 6.06. The van der Waals surface area contributed by atoms with Crippen LogP contribution in [0.25, 0.3) is 0 Å². The lowest BCUT2D eigenvalue weighted by molar-refractivity contribution is 0.0972. The molecular weight excluding hydrogens is 248 g/mol. The molecular formula is C14H13ClN2O. The summed E-state index contributed by atoms with van der Waals surface area (Å²) in [5.41, 5.74) is 3.01. The molecule has 18 heavy (non-hydrogen) atoms. The predicted molar refractivity (Wildman–Crippen MR) is 70.0 cm³/mol. The second-order valence-electron chi connectivity index (χ2n) is 4.57. The topological polar surface area (TPSA) is 34.9 Å². The van der Waals surface area contributed by atoms with Gasteiger partial charge < -0.3 is 0 Å². The molecule has 3 rings (SSSR count). The molecule has 0 saturated carbocycles. The monoisotopic (exact) mass is 260 g/mol. The summed E-state index contributed by atoms with van der Waals surface area (Å²) >= 11 is 5.86. The van der Waals surface area contributed by atoms with E-state index in [1.807, 2.05) is 28.9 Å². The summed E-state index contributed by atoms with van der Waals surface area (Å²) in [5, 5.41) is 5.06. The molecule has 92 valence electrons. The summed E-state index contributed by atoms with van der Waals surface area (Å²) in [4.78, 5) is 11.7. The predicted octanol–water partition coefficient (Wildman–Crippen LogP) is 3.10. The molecule has 0 atom stereocenters. The summed E-state index contributed by atoms with van der Waals surface area (Å²) in [5.74, 6) is 0.221. The zero-order valence-corrected chi connectivity index (χ0v) is 10.7. The van der Waals surface area contributed by atoms with E-state index in [9.17, 15) is 4.79 Å². The number of carbonyl (C=O) groups excluding carboxylic acids is 1. The summed E-state index contributed by atoms with van der Waals surface area (Å²) in [6.07, 6.45) is 4.22. The van der Waals surface area contributed by atoms with Crippen LogP contribution >= 0.6 is 11.6 Å². The highest BCUT2D eigenvalue weighted by Gasteiger charge is 2.21. The summed E-state index contributed by atoms with van der Waals surface area (Å²) in [6.45, 7) is 0.694. The fraction of sp³-hybridized carbons (Fsp3) is 0.286. The summed E-state index contributed by atoms with van der Waals surface area (Å²) < 4.78 is 1.93. The van der Waals surface area contributed by atoms with Gasteiger partial charge in [0.25, 0.3) is 0 Å². The lowest BCUT2D eigenvalue weighted by Crippen LogP contribution is -2.14. The highest BCUT2D eigenvalue weighted by Crippen LogP contribution is 2.21. The molecule has 0 fully saturated rings. The smallest absolute Gasteiger partial charge is 0.166 e. The minimum atomic E-state index is 0.221. The number of ketones is 1. The van der Waals surface area contributed by atoms with Crippen molar-refractivity contribution in [2.24, 2.45) is 0 Å². The third-order valence-corrected chi connectivity index (χ3v) is 3.56. The summed E-state index contributed by atoms with van der Waals surface area (Å²) in [6, 6.07) is 7.72. The van der Waals surface area contributed by atoms with E-state index in [1.165, 1.54) is 0 Å². The first kappa shape index (κ1) is 11.5. The van der Waals surface area contributed by atoms with Crippen LogP contribution in [0.15, 0.2) is 30.5 Å². The lowest BCUT2D eigenvalue weighted by Gasteiger charge is -2.13. The Hall–Kier alpha value is -1.61. The van der Waals surface area contributed by atoms with Gasteiger partial charge in [-0.25, -0.2) is 0 Å². The second kappa shape index (κ2) is 4.58. The molecule has 0 amide bonds.